The summed E-state index contributed by atoms with van der Waals surface area (Å²) in [7, 11) is 0. The molecule has 35 heavy (non-hydrogen) atoms. The Bertz CT molecular complexity index is 1400. The van der Waals surface area contributed by atoms with Crippen molar-refractivity contribution in [2.24, 2.45) is 0 Å². The normalized spacial score (nSPS) is 13.9. The van der Waals surface area contributed by atoms with Gasteiger partial charge < -0.3 is 10.1 Å². The molecule has 1 aliphatic rings. The molecule has 5 rings (SSSR count). The number of amides is 2. The number of thiophene rings is 1. The van der Waals surface area contributed by atoms with Crippen LogP contribution >= 0.6 is 11.3 Å². The second kappa shape index (κ2) is 9.95. The fourth-order valence-electron chi connectivity index (χ4n) is 3.80. The Morgan fingerprint density at radius 3 is 2.60 bits per heavy atom. The summed E-state index contributed by atoms with van der Waals surface area (Å²) < 4.78 is 19.6. The Morgan fingerprint density at radius 1 is 1.00 bits per heavy atom. The van der Waals surface area contributed by atoms with Crippen molar-refractivity contribution in [2.75, 3.05) is 4.90 Å². The Morgan fingerprint density at radius 2 is 1.83 bits per heavy atom. The van der Waals surface area contributed by atoms with Gasteiger partial charge >= 0.3 is 0 Å². The molecule has 0 saturated heterocycles. The molecule has 0 spiro atoms. The van der Waals surface area contributed by atoms with Crippen LogP contribution in [0.25, 0.3) is 6.08 Å². The summed E-state index contributed by atoms with van der Waals surface area (Å²) in [5.74, 6) is -0.162. The molecule has 5 nitrogen and oxygen atoms in total. The summed E-state index contributed by atoms with van der Waals surface area (Å²) in [5, 5.41) is 4.87. The topological polar surface area (TPSA) is 58.6 Å². The second-order valence-electron chi connectivity index (χ2n) is 7.98. The standard InChI is InChI=1S/C28H21FN2O3S/c29-22-6-3-5-20(15-22)18-31-24-8-1-2-9-25(24)34-26(28(31)33)16-19-10-12-21(13-11-19)27(32)30-17-23-7-4-14-35-23/h1-16H,17-18H2,(H,30,32). The van der Waals surface area contributed by atoms with E-state index in [1.165, 1.54) is 12.1 Å². The van der Waals surface area contributed by atoms with Gasteiger partial charge in [-0.3, -0.25) is 14.5 Å². The molecule has 3 aromatic carbocycles. The van der Waals surface area contributed by atoms with Crippen molar-refractivity contribution in [3.63, 3.8) is 0 Å². The number of para-hydroxylation sites is 2. The molecule has 4 aromatic rings. The van der Waals surface area contributed by atoms with Gasteiger partial charge in [0.2, 0.25) is 0 Å². The van der Waals surface area contributed by atoms with Gasteiger partial charge in [0.15, 0.2) is 11.5 Å². The van der Waals surface area contributed by atoms with Crippen molar-refractivity contribution in [1.29, 1.82) is 0 Å². The van der Waals surface area contributed by atoms with Crippen LogP contribution in [-0.4, -0.2) is 11.8 Å². The molecule has 174 valence electrons. The molecule has 1 aromatic heterocycles. The monoisotopic (exact) mass is 484 g/mol. The predicted octanol–water partition coefficient (Wildman–Crippen LogP) is 5.78. The smallest absolute Gasteiger partial charge is 0.294 e. The molecular formula is C28H21FN2O3S. The van der Waals surface area contributed by atoms with Crippen molar-refractivity contribution >= 4 is 34.9 Å². The van der Waals surface area contributed by atoms with E-state index in [2.05, 4.69) is 5.32 Å². The van der Waals surface area contributed by atoms with Crippen molar-refractivity contribution < 1.29 is 18.7 Å². The van der Waals surface area contributed by atoms with E-state index < -0.39 is 0 Å². The van der Waals surface area contributed by atoms with E-state index in [0.29, 0.717) is 34.7 Å². The third kappa shape index (κ3) is 5.15. The summed E-state index contributed by atoms with van der Waals surface area (Å²) in [5.41, 5.74) is 2.54. The van der Waals surface area contributed by atoms with Gasteiger partial charge in [0.25, 0.3) is 11.8 Å². The quantitative estimate of drug-likeness (QED) is 0.353. The number of halogens is 1. The largest absolute Gasteiger partial charge is 0.449 e. The number of carbonyl (C=O) groups is 2. The number of benzene rings is 3. The number of nitrogens with one attached hydrogen (secondary N) is 1. The number of hydrogen-bond donors (Lipinski definition) is 1. The first-order chi connectivity index (χ1) is 17.1. The minimum absolute atomic E-state index is 0.148. The van der Waals surface area contributed by atoms with Crippen LogP contribution in [0.5, 0.6) is 5.75 Å². The minimum Gasteiger partial charge on any atom is -0.449 e. The van der Waals surface area contributed by atoms with Crippen molar-refractivity contribution in [1.82, 2.24) is 5.32 Å². The van der Waals surface area contributed by atoms with Gasteiger partial charge in [-0.25, -0.2) is 4.39 Å². The van der Waals surface area contributed by atoms with Gasteiger partial charge in [-0.15, -0.1) is 11.3 Å². The number of rotatable bonds is 6. The lowest BCUT2D eigenvalue weighted by Gasteiger charge is -2.30. The van der Waals surface area contributed by atoms with Crippen LogP contribution in [-0.2, 0) is 17.9 Å². The average molecular weight is 485 g/mol. The van der Waals surface area contributed by atoms with Gasteiger partial charge in [-0.2, -0.15) is 0 Å². The first-order valence-electron chi connectivity index (χ1n) is 11.0. The maximum atomic E-state index is 13.7. The summed E-state index contributed by atoms with van der Waals surface area (Å²) in [6, 6.07) is 24.3. The van der Waals surface area contributed by atoms with E-state index in [0.717, 1.165) is 4.88 Å². The van der Waals surface area contributed by atoms with E-state index in [-0.39, 0.29) is 29.9 Å². The molecule has 1 aliphatic heterocycles. The van der Waals surface area contributed by atoms with E-state index in [1.807, 2.05) is 29.6 Å². The summed E-state index contributed by atoms with van der Waals surface area (Å²) >= 11 is 1.59. The molecule has 0 atom stereocenters. The maximum Gasteiger partial charge on any atom is 0.294 e. The molecule has 1 N–H and O–H groups in total. The highest BCUT2D eigenvalue weighted by Crippen LogP contribution is 2.36. The number of ether oxygens (including phenoxy) is 1. The van der Waals surface area contributed by atoms with Crippen molar-refractivity contribution in [2.45, 2.75) is 13.1 Å². The van der Waals surface area contributed by atoms with Gasteiger partial charge in [0.05, 0.1) is 18.8 Å². The third-order valence-electron chi connectivity index (χ3n) is 5.54. The highest BCUT2D eigenvalue weighted by atomic mass is 32.1. The fraction of sp³-hybridized carbons (Fsp3) is 0.0714. The number of nitrogens with zero attached hydrogens (tertiary/aromatic N) is 1. The van der Waals surface area contributed by atoms with Crippen LogP contribution in [0.2, 0.25) is 0 Å². The second-order valence-corrected chi connectivity index (χ2v) is 9.02. The Labute approximate surface area is 206 Å². The van der Waals surface area contributed by atoms with Gasteiger partial charge in [-0.05, 0) is 65.0 Å². The SMILES string of the molecule is O=C(NCc1cccs1)c1ccc(C=C2Oc3ccccc3N(Cc3cccc(F)c3)C2=O)cc1. The Hall–Kier alpha value is -4.23. The maximum absolute atomic E-state index is 13.7. The molecule has 0 unspecified atom stereocenters. The highest BCUT2D eigenvalue weighted by Gasteiger charge is 2.30. The van der Waals surface area contributed by atoms with Crippen LogP contribution in [0, 0.1) is 5.82 Å². The third-order valence-corrected chi connectivity index (χ3v) is 6.41. The molecule has 2 heterocycles. The molecule has 0 radical (unpaired) electrons. The van der Waals surface area contributed by atoms with Crippen LogP contribution in [0.3, 0.4) is 0 Å². The fourth-order valence-corrected chi connectivity index (χ4v) is 4.45. The zero-order chi connectivity index (χ0) is 24.2. The van der Waals surface area contributed by atoms with Crippen molar-refractivity contribution in [3.05, 3.63) is 123 Å². The van der Waals surface area contributed by atoms with Gasteiger partial charge in [-0.1, -0.05) is 42.5 Å². The molecular weight excluding hydrogens is 463 g/mol. The van der Waals surface area contributed by atoms with Crippen molar-refractivity contribution in [3.8, 4) is 5.75 Å². The van der Waals surface area contributed by atoms with Crippen LogP contribution < -0.4 is 15.0 Å². The minimum atomic E-state index is -0.355. The summed E-state index contributed by atoms with van der Waals surface area (Å²) in [4.78, 5) is 28.4. The molecule has 0 aliphatic carbocycles. The zero-order valence-electron chi connectivity index (χ0n) is 18.6. The first kappa shape index (κ1) is 22.6. The summed E-state index contributed by atoms with van der Waals surface area (Å²) in [6.07, 6.45) is 1.64. The molecule has 0 saturated carbocycles. The van der Waals surface area contributed by atoms with Gasteiger partial charge in [0, 0.05) is 10.4 Å². The number of anilines is 1. The van der Waals surface area contributed by atoms with E-state index in [9.17, 15) is 14.0 Å². The van der Waals surface area contributed by atoms with Crippen LogP contribution in [0.15, 0.2) is 96.1 Å². The Balaban J connectivity index is 1.36. The lowest BCUT2D eigenvalue weighted by Crippen LogP contribution is -2.36. The molecule has 0 fully saturated rings. The van der Waals surface area contributed by atoms with E-state index in [1.54, 1.807) is 70.8 Å². The number of hydrogen-bond acceptors (Lipinski definition) is 4. The summed E-state index contributed by atoms with van der Waals surface area (Å²) in [6.45, 7) is 0.683. The van der Waals surface area contributed by atoms with Crippen LogP contribution in [0.4, 0.5) is 10.1 Å². The number of carbonyl (C=O) groups excluding carboxylic acids is 2. The first-order valence-corrected chi connectivity index (χ1v) is 11.9. The lowest BCUT2D eigenvalue weighted by atomic mass is 10.1. The number of fused-ring (bicyclic) bond motifs is 1. The highest BCUT2D eigenvalue weighted by molar-refractivity contribution is 7.09. The molecule has 0 bridgehead atoms. The van der Waals surface area contributed by atoms with Gasteiger partial charge in [0.1, 0.15) is 5.82 Å². The zero-order valence-corrected chi connectivity index (χ0v) is 19.4. The Kier molecular flexibility index (Phi) is 6.41. The molecule has 2 amide bonds. The van der Waals surface area contributed by atoms with E-state index >= 15 is 0 Å². The van der Waals surface area contributed by atoms with E-state index in [4.69, 9.17) is 4.74 Å². The predicted molar refractivity (Wildman–Crippen MR) is 135 cm³/mol. The molecule has 7 heteroatoms. The van der Waals surface area contributed by atoms with Crippen LogP contribution in [0.1, 0.15) is 26.4 Å². The lowest BCUT2D eigenvalue weighted by molar-refractivity contribution is -0.117. The average Bonchev–Trinajstić information content (AvgIpc) is 3.39.